The molecule has 19 heavy (non-hydrogen) atoms. The quantitative estimate of drug-likeness (QED) is 0.855. The first-order chi connectivity index (χ1) is 9.07. The zero-order valence-electron chi connectivity index (χ0n) is 10.6. The van der Waals surface area contributed by atoms with Crippen LogP contribution in [-0.2, 0) is 10.0 Å². The highest BCUT2D eigenvalue weighted by molar-refractivity contribution is 7.89. The van der Waals surface area contributed by atoms with Gasteiger partial charge >= 0.3 is 0 Å². The molecule has 0 amide bonds. The maximum Gasteiger partial charge on any atom is 0.243 e. The molecule has 0 aromatic heterocycles. The van der Waals surface area contributed by atoms with E-state index in [0.717, 1.165) is 13.1 Å². The average Bonchev–Trinajstić information content (AvgIpc) is 3.23. The molecule has 2 aliphatic rings. The largest absolute Gasteiger partial charge is 0.298 e. The normalized spacial score (nSPS) is 22.6. The van der Waals surface area contributed by atoms with Gasteiger partial charge < -0.3 is 0 Å². The van der Waals surface area contributed by atoms with Gasteiger partial charge in [0, 0.05) is 37.2 Å². The van der Waals surface area contributed by atoms with Gasteiger partial charge in [-0.15, -0.1) is 0 Å². The van der Waals surface area contributed by atoms with Gasteiger partial charge in [-0.3, -0.25) is 4.90 Å². The standard InChI is InChI=1S/C13H17ClN2O2S/c14-11-2-1-3-13(10-11)19(17,18)16-8-6-15(7-9-16)12-4-5-12/h1-3,10,12H,4-9H2. The number of hydrogen-bond donors (Lipinski definition) is 0. The van der Waals surface area contributed by atoms with E-state index in [-0.39, 0.29) is 0 Å². The summed E-state index contributed by atoms with van der Waals surface area (Å²) in [5, 5.41) is 0.456. The third kappa shape index (κ3) is 2.79. The molecule has 0 bridgehead atoms. The van der Waals surface area contributed by atoms with E-state index in [0.29, 0.717) is 29.0 Å². The molecule has 1 saturated carbocycles. The van der Waals surface area contributed by atoms with Crippen LogP contribution in [0.2, 0.25) is 5.02 Å². The summed E-state index contributed by atoms with van der Waals surface area (Å²) in [6, 6.07) is 7.19. The lowest BCUT2D eigenvalue weighted by molar-refractivity contribution is 0.180. The summed E-state index contributed by atoms with van der Waals surface area (Å²) in [5.41, 5.74) is 0. The molecule has 1 aliphatic heterocycles. The lowest BCUT2D eigenvalue weighted by atomic mass is 10.3. The van der Waals surface area contributed by atoms with Crippen molar-refractivity contribution in [1.82, 2.24) is 9.21 Å². The highest BCUT2D eigenvalue weighted by Crippen LogP contribution is 2.28. The first-order valence-corrected chi connectivity index (χ1v) is 8.39. The summed E-state index contributed by atoms with van der Waals surface area (Å²) in [4.78, 5) is 2.68. The van der Waals surface area contributed by atoms with Crippen LogP contribution >= 0.6 is 11.6 Å². The Labute approximate surface area is 119 Å². The Bertz CT molecular complexity index is 564. The molecule has 1 aromatic rings. The minimum absolute atomic E-state index is 0.292. The zero-order valence-corrected chi connectivity index (χ0v) is 12.2. The van der Waals surface area contributed by atoms with Gasteiger partial charge in [-0.1, -0.05) is 17.7 Å². The fourth-order valence-electron chi connectivity index (χ4n) is 2.53. The maximum atomic E-state index is 12.5. The summed E-state index contributed by atoms with van der Waals surface area (Å²) in [7, 11) is -3.39. The van der Waals surface area contributed by atoms with E-state index in [4.69, 9.17) is 11.6 Å². The highest BCUT2D eigenvalue weighted by atomic mass is 35.5. The van der Waals surface area contributed by atoms with Gasteiger partial charge in [-0.25, -0.2) is 8.42 Å². The van der Waals surface area contributed by atoms with Crippen LogP contribution in [0.25, 0.3) is 0 Å². The van der Waals surface area contributed by atoms with Crippen LogP contribution < -0.4 is 0 Å². The number of benzene rings is 1. The topological polar surface area (TPSA) is 40.6 Å². The number of sulfonamides is 1. The molecule has 0 unspecified atom stereocenters. The molecule has 104 valence electrons. The molecule has 1 heterocycles. The van der Waals surface area contributed by atoms with Gasteiger partial charge in [0.05, 0.1) is 4.90 Å². The van der Waals surface area contributed by atoms with Gasteiger partial charge in [0.1, 0.15) is 0 Å². The molecular formula is C13H17ClN2O2S. The fourth-order valence-corrected chi connectivity index (χ4v) is 4.25. The Balaban J connectivity index is 1.74. The summed E-state index contributed by atoms with van der Waals surface area (Å²) in [5.74, 6) is 0. The van der Waals surface area contributed by atoms with Gasteiger partial charge in [0.2, 0.25) is 10.0 Å². The van der Waals surface area contributed by atoms with Crippen molar-refractivity contribution in [3.63, 3.8) is 0 Å². The summed E-state index contributed by atoms with van der Waals surface area (Å²) >= 11 is 5.87. The maximum absolute atomic E-state index is 12.5. The van der Waals surface area contributed by atoms with Crippen LogP contribution in [0, 0.1) is 0 Å². The van der Waals surface area contributed by atoms with Crippen molar-refractivity contribution >= 4 is 21.6 Å². The van der Waals surface area contributed by atoms with Crippen LogP contribution in [0.1, 0.15) is 12.8 Å². The minimum atomic E-state index is -3.39. The number of hydrogen-bond acceptors (Lipinski definition) is 3. The molecular weight excluding hydrogens is 284 g/mol. The molecule has 0 radical (unpaired) electrons. The van der Waals surface area contributed by atoms with E-state index in [1.165, 1.54) is 18.9 Å². The van der Waals surface area contributed by atoms with E-state index in [1.807, 2.05) is 0 Å². The Morgan fingerprint density at radius 2 is 1.79 bits per heavy atom. The monoisotopic (exact) mass is 300 g/mol. The van der Waals surface area contributed by atoms with Gasteiger partial charge in [-0.05, 0) is 31.0 Å². The Morgan fingerprint density at radius 3 is 2.37 bits per heavy atom. The highest BCUT2D eigenvalue weighted by Gasteiger charge is 2.34. The zero-order chi connectivity index (χ0) is 13.5. The van der Waals surface area contributed by atoms with Gasteiger partial charge in [-0.2, -0.15) is 4.31 Å². The summed E-state index contributed by atoms with van der Waals surface area (Å²) in [6.45, 7) is 2.83. The predicted molar refractivity (Wildman–Crippen MR) is 74.8 cm³/mol. The third-order valence-corrected chi connectivity index (χ3v) is 5.90. The molecule has 1 saturated heterocycles. The van der Waals surface area contributed by atoms with Crippen LogP contribution in [0.3, 0.4) is 0 Å². The molecule has 0 atom stereocenters. The lowest BCUT2D eigenvalue weighted by Gasteiger charge is -2.34. The predicted octanol–water partition coefficient (Wildman–Crippen LogP) is 1.81. The van der Waals surface area contributed by atoms with E-state index < -0.39 is 10.0 Å². The smallest absolute Gasteiger partial charge is 0.243 e. The minimum Gasteiger partial charge on any atom is -0.298 e. The summed E-state index contributed by atoms with van der Waals surface area (Å²) < 4.78 is 26.5. The molecule has 2 fully saturated rings. The molecule has 1 aromatic carbocycles. The lowest BCUT2D eigenvalue weighted by Crippen LogP contribution is -2.49. The summed E-state index contributed by atoms with van der Waals surface area (Å²) in [6.07, 6.45) is 2.53. The number of halogens is 1. The van der Waals surface area contributed by atoms with Crippen molar-refractivity contribution in [2.45, 2.75) is 23.8 Å². The van der Waals surface area contributed by atoms with E-state index >= 15 is 0 Å². The molecule has 3 rings (SSSR count). The van der Waals surface area contributed by atoms with Gasteiger partial charge in [0.25, 0.3) is 0 Å². The number of rotatable bonds is 3. The molecule has 4 nitrogen and oxygen atoms in total. The van der Waals surface area contributed by atoms with Crippen molar-refractivity contribution in [3.05, 3.63) is 29.3 Å². The average molecular weight is 301 g/mol. The van der Waals surface area contributed by atoms with Crippen molar-refractivity contribution in [1.29, 1.82) is 0 Å². The van der Waals surface area contributed by atoms with E-state index in [2.05, 4.69) is 4.90 Å². The second kappa shape index (κ2) is 5.05. The van der Waals surface area contributed by atoms with Crippen LogP contribution in [0.4, 0.5) is 0 Å². The molecule has 1 aliphatic carbocycles. The van der Waals surface area contributed by atoms with Crippen molar-refractivity contribution in [3.8, 4) is 0 Å². The van der Waals surface area contributed by atoms with Crippen molar-refractivity contribution in [2.24, 2.45) is 0 Å². The third-order valence-electron chi connectivity index (χ3n) is 3.77. The second-order valence-corrected chi connectivity index (χ2v) is 7.50. The fraction of sp³-hybridized carbons (Fsp3) is 0.538. The molecule has 0 spiro atoms. The molecule has 0 N–H and O–H groups in total. The Hall–Kier alpha value is -0.620. The second-order valence-electron chi connectivity index (χ2n) is 5.13. The SMILES string of the molecule is O=S(=O)(c1cccc(Cl)c1)N1CCN(C2CC2)CC1. The van der Waals surface area contributed by atoms with Gasteiger partial charge in [0.15, 0.2) is 0 Å². The van der Waals surface area contributed by atoms with Crippen LogP contribution in [0.5, 0.6) is 0 Å². The van der Waals surface area contributed by atoms with Crippen molar-refractivity contribution < 1.29 is 8.42 Å². The Morgan fingerprint density at radius 1 is 1.11 bits per heavy atom. The van der Waals surface area contributed by atoms with Crippen molar-refractivity contribution in [2.75, 3.05) is 26.2 Å². The van der Waals surface area contributed by atoms with Crippen LogP contribution in [0.15, 0.2) is 29.2 Å². The first-order valence-electron chi connectivity index (χ1n) is 6.57. The molecule has 6 heteroatoms. The van der Waals surface area contributed by atoms with E-state index in [1.54, 1.807) is 22.5 Å². The number of piperazine rings is 1. The van der Waals surface area contributed by atoms with Crippen LogP contribution in [-0.4, -0.2) is 49.8 Å². The Kier molecular flexibility index (Phi) is 3.55. The number of nitrogens with zero attached hydrogens (tertiary/aromatic N) is 2. The van der Waals surface area contributed by atoms with E-state index in [9.17, 15) is 8.42 Å². The first kappa shape index (κ1) is 13.4.